The molecule has 0 radical (unpaired) electrons. The van der Waals surface area contributed by atoms with Crippen LogP contribution in [0.5, 0.6) is 0 Å². The molecule has 17 heavy (non-hydrogen) atoms. The van der Waals surface area contributed by atoms with E-state index >= 15 is 0 Å². The maximum absolute atomic E-state index is 10.7. The molecule has 0 saturated heterocycles. The normalized spacial score (nSPS) is 16.8. The summed E-state index contributed by atoms with van der Waals surface area (Å²) in [4.78, 5) is 27.2. The van der Waals surface area contributed by atoms with Crippen molar-refractivity contribution in [3.63, 3.8) is 0 Å². The van der Waals surface area contributed by atoms with Crippen molar-refractivity contribution in [3.05, 3.63) is 0 Å². The van der Waals surface area contributed by atoms with Crippen LogP contribution in [-0.2, 0) is 13.9 Å². The number of carbonyl (C=O) groups excluding carboxylic acids is 1. The molecule has 0 aliphatic carbocycles. The molecule has 11 heteroatoms. The average molecular weight is 397 g/mol. The molecule has 6 N–H and O–H groups in total. The van der Waals surface area contributed by atoms with E-state index in [2.05, 4.69) is 4.52 Å². The molecule has 3 atom stereocenters. The Balaban J connectivity index is 0. The van der Waals surface area contributed by atoms with Crippen LogP contribution < -0.4 is 0 Å². The number of rotatable bonds is 7. The van der Waals surface area contributed by atoms with Crippen molar-refractivity contribution >= 4 is 62.5 Å². The van der Waals surface area contributed by atoms with Gasteiger partial charge >= 0.3 is 56.7 Å². The van der Waals surface area contributed by atoms with Crippen molar-refractivity contribution in [2.45, 2.75) is 18.3 Å². The minimum atomic E-state index is -4.81. The number of ketones is 1. The Morgan fingerprint density at radius 1 is 1.24 bits per heavy atom. The van der Waals surface area contributed by atoms with Crippen molar-refractivity contribution in [2.24, 2.45) is 0 Å². The van der Waals surface area contributed by atoms with Crippen LogP contribution in [0.4, 0.5) is 0 Å². The smallest absolute Gasteiger partial charge is 0.388 e. The van der Waals surface area contributed by atoms with Gasteiger partial charge in [0.15, 0.2) is 5.78 Å². The van der Waals surface area contributed by atoms with E-state index in [0.29, 0.717) is 0 Å². The zero-order valence-electron chi connectivity index (χ0n) is 8.71. The minimum Gasteiger partial charge on any atom is -0.388 e. The zero-order chi connectivity index (χ0) is 12.9. The number of phosphoric ester groups is 1. The maximum Gasteiger partial charge on any atom is 2.00 e. The van der Waals surface area contributed by atoms with E-state index in [9.17, 15) is 9.36 Å². The predicted octanol–water partition coefficient (Wildman–Crippen LogP) is -3.64. The first-order chi connectivity index (χ1) is 7.19. The summed E-state index contributed by atoms with van der Waals surface area (Å²) in [5, 5.41) is 35.6. The molecule has 0 heterocycles. The van der Waals surface area contributed by atoms with Gasteiger partial charge in [-0.2, -0.15) is 0 Å². The topological polar surface area (TPSA) is 165 Å². The van der Waals surface area contributed by atoms with Crippen molar-refractivity contribution in [3.8, 4) is 0 Å². The monoisotopic (exact) mass is 398 g/mol. The molecular weight excluding hydrogens is 384 g/mol. The van der Waals surface area contributed by atoms with Gasteiger partial charge in [0, 0.05) is 0 Å². The first-order valence-corrected chi connectivity index (χ1v) is 5.60. The van der Waals surface area contributed by atoms with E-state index in [1.54, 1.807) is 0 Å². The molecule has 0 spiro atoms. The van der Waals surface area contributed by atoms with Gasteiger partial charge in [-0.3, -0.25) is 9.32 Å². The van der Waals surface area contributed by atoms with Crippen LogP contribution in [0.25, 0.3) is 0 Å². The molecule has 0 amide bonds. The quantitative estimate of drug-likeness (QED) is 0.188. The molecule has 0 aliphatic rings. The maximum atomic E-state index is 10.7. The summed E-state index contributed by atoms with van der Waals surface area (Å²) in [6, 6.07) is 0. The second-order valence-electron chi connectivity index (χ2n) is 2.91. The van der Waals surface area contributed by atoms with Crippen LogP contribution in [0.1, 0.15) is 0 Å². The van der Waals surface area contributed by atoms with E-state index in [1.165, 1.54) is 0 Å². The molecule has 0 fully saturated rings. The molecule has 0 unspecified atom stereocenters. The van der Waals surface area contributed by atoms with Gasteiger partial charge in [-0.1, -0.05) is 0 Å². The standard InChI is InChI=1S/C6H13O9P.Ba/c7-1-3(8)5(10)6(11)4(9)2-15-16(12,13)14;/h4-7,9-11H,1-2H2,(H2,12,13,14);/q;+2/t4-,5-,6-;/m1./s1. The Labute approximate surface area is 137 Å². The Bertz CT molecular complexity index is 279. The Morgan fingerprint density at radius 2 is 1.71 bits per heavy atom. The molecule has 0 aliphatic heterocycles. The third-order valence-electron chi connectivity index (χ3n) is 1.62. The van der Waals surface area contributed by atoms with E-state index in [1.807, 2.05) is 0 Å². The van der Waals surface area contributed by atoms with Crippen LogP contribution in [0.15, 0.2) is 0 Å². The molecular formula is C6H13BaO9P+2. The average Bonchev–Trinajstić information content (AvgIpc) is 2.21. The Hall–Kier alpha value is 1.19. The van der Waals surface area contributed by atoms with E-state index in [0.717, 1.165) is 0 Å². The van der Waals surface area contributed by atoms with Gasteiger partial charge < -0.3 is 30.2 Å². The van der Waals surface area contributed by atoms with Gasteiger partial charge in [0.05, 0.1) is 6.61 Å². The predicted molar refractivity (Wildman–Crippen MR) is 53.9 cm³/mol. The molecule has 0 aromatic carbocycles. The summed E-state index contributed by atoms with van der Waals surface area (Å²) in [7, 11) is -4.81. The van der Waals surface area contributed by atoms with Crippen molar-refractivity contribution in [1.29, 1.82) is 0 Å². The second-order valence-corrected chi connectivity index (χ2v) is 4.15. The van der Waals surface area contributed by atoms with Crippen LogP contribution in [-0.4, -0.2) is 116 Å². The number of aliphatic hydroxyl groups is 4. The molecule has 96 valence electrons. The largest absolute Gasteiger partial charge is 2.00 e. The summed E-state index contributed by atoms with van der Waals surface area (Å²) in [6.45, 7) is -2.01. The number of aliphatic hydroxyl groups excluding tert-OH is 4. The minimum absolute atomic E-state index is 0. The van der Waals surface area contributed by atoms with Crippen molar-refractivity contribution in [1.82, 2.24) is 0 Å². The van der Waals surface area contributed by atoms with Gasteiger partial charge in [-0.15, -0.1) is 0 Å². The van der Waals surface area contributed by atoms with Gasteiger partial charge in [-0.25, -0.2) is 4.57 Å². The summed E-state index contributed by atoms with van der Waals surface area (Å²) in [5.74, 6) is -1.14. The summed E-state index contributed by atoms with van der Waals surface area (Å²) >= 11 is 0. The SMILES string of the molecule is O=C(CO)[C@@H](O)[C@H](O)[C@H](O)COP(=O)(O)O.[Ba+2]. The fraction of sp³-hybridized carbons (Fsp3) is 0.833. The van der Waals surface area contributed by atoms with Crippen LogP contribution in [0, 0.1) is 0 Å². The van der Waals surface area contributed by atoms with E-state index < -0.39 is 45.1 Å². The molecule has 0 aromatic heterocycles. The van der Waals surface area contributed by atoms with Gasteiger partial charge in [-0.05, 0) is 0 Å². The van der Waals surface area contributed by atoms with Crippen molar-refractivity contribution in [2.75, 3.05) is 13.2 Å². The first-order valence-electron chi connectivity index (χ1n) is 4.07. The third kappa shape index (κ3) is 8.83. The fourth-order valence-electron chi connectivity index (χ4n) is 0.766. The Morgan fingerprint density at radius 3 is 2.06 bits per heavy atom. The van der Waals surface area contributed by atoms with E-state index in [-0.39, 0.29) is 48.9 Å². The third-order valence-corrected chi connectivity index (χ3v) is 2.10. The molecule has 0 bridgehead atoms. The number of hydrogen-bond acceptors (Lipinski definition) is 7. The number of Topliss-reactive ketones (excluding diaryl/α,β-unsaturated/α-hetero) is 1. The van der Waals surface area contributed by atoms with Crippen molar-refractivity contribution < 1.29 is 44.1 Å². The molecule has 0 rings (SSSR count). The van der Waals surface area contributed by atoms with Crippen LogP contribution in [0.3, 0.4) is 0 Å². The second kappa shape index (κ2) is 9.15. The van der Waals surface area contributed by atoms with E-state index in [4.69, 9.17) is 30.2 Å². The molecule has 9 nitrogen and oxygen atoms in total. The summed E-state index contributed by atoms with van der Waals surface area (Å²) in [6.07, 6.45) is -5.94. The fourth-order valence-corrected chi connectivity index (χ4v) is 1.11. The van der Waals surface area contributed by atoms with Gasteiger partial charge in [0.25, 0.3) is 0 Å². The number of hydrogen-bond donors (Lipinski definition) is 6. The zero-order valence-corrected chi connectivity index (χ0v) is 14.0. The summed E-state index contributed by atoms with van der Waals surface area (Å²) in [5.41, 5.74) is 0. The number of phosphoric acid groups is 1. The number of carbonyl (C=O) groups is 1. The van der Waals surface area contributed by atoms with Gasteiger partial charge in [0.1, 0.15) is 24.9 Å². The van der Waals surface area contributed by atoms with Gasteiger partial charge in [0.2, 0.25) is 0 Å². The van der Waals surface area contributed by atoms with Crippen LogP contribution in [0.2, 0.25) is 0 Å². The first kappa shape index (κ1) is 20.5. The van der Waals surface area contributed by atoms with Crippen LogP contribution >= 0.6 is 7.82 Å². The molecule has 0 aromatic rings. The molecule has 0 saturated carbocycles. The Kier molecular flexibility index (Phi) is 11.0. The summed E-state index contributed by atoms with van der Waals surface area (Å²) < 4.78 is 14.1.